The van der Waals surface area contributed by atoms with E-state index in [4.69, 9.17) is 0 Å². The van der Waals surface area contributed by atoms with Gasteiger partial charge in [0, 0.05) is 17.0 Å². The Labute approximate surface area is 160 Å². The summed E-state index contributed by atoms with van der Waals surface area (Å²) in [6.45, 7) is 0. The van der Waals surface area contributed by atoms with E-state index in [2.05, 4.69) is 52.7 Å². The molecule has 5 heteroatoms. The lowest BCUT2D eigenvalue weighted by atomic mass is 9.97. The molecule has 0 aliphatic carbocycles. The number of benzene rings is 4. The molecule has 0 saturated carbocycles. The van der Waals surface area contributed by atoms with Gasteiger partial charge >= 0.3 is 0 Å². The molecular formula is C23H15N3O2. The molecule has 5 nitrogen and oxygen atoms in total. The molecule has 0 aliphatic heterocycles. The fourth-order valence-corrected chi connectivity index (χ4v) is 3.68. The molecule has 5 rings (SSSR count). The number of hydrogen-bond donors (Lipinski definition) is 1. The van der Waals surface area contributed by atoms with Crippen LogP contribution in [0.5, 0.6) is 0 Å². The predicted molar refractivity (Wildman–Crippen MR) is 111 cm³/mol. The zero-order valence-corrected chi connectivity index (χ0v) is 14.8. The standard InChI is InChI=1S/C23H15N3O2/c27-26(28)21-10-4-9-20-22(24-25-23(20)21)17-13-11-16(12-14-17)19-8-3-6-15-5-1-2-7-18(15)19/h1-14H,(H,24,25). The summed E-state index contributed by atoms with van der Waals surface area (Å²) in [4.78, 5) is 10.8. The highest BCUT2D eigenvalue weighted by Crippen LogP contribution is 2.33. The number of aromatic amines is 1. The van der Waals surface area contributed by atoms with E-state index in [1.54, 1.807) is 6.07 Å². The number of H-pyrrole nitrogens is 1. The van der Waals surface area contributed by atoms with Gasteiger partial charge in [0.1, 0.15) is 11.2 Å². The first-order chi connectivity index (χ1) is 13.7. The van der Waals surface area contributed by atoms with Gasteiger partial charge in [-0.1, -0.05) is 78.9 Å². The quantitative estimate of drug-likeness (QED) is 0.317. The van der Waals surface area contributed by atoms with E-state index in [1.807, 2.05) is 30.3 Å². The fourth-order valence-electron chi connectivity index (χ4n) is 3.68. The predicted octanol–water partition coefficient (Wildman–Crippen LogP) is 5.96. The van der Waals surface area contributed by atoms with Gasteiger partial charge in [0.15, 0.2) is 0 Å². The van der Waals surface area contributed by atoms with Crippen molar-refractivity contribution in [1.82, 2.24) is 10.2 Å². The Kier molecular flexibility index (Phi) is 3.66. The largest absolute Gasteiger partial charge is 0.294 e. The van der Waals surface area contributed by atoms with Gasteiger partial charge in [0.25, 0.3) is 5.69 Å². The lowest BCUT2D eigenvalue weighted by Gasteiger charge is -2.07. The number of para-hydroxylation sites is 1. The van der Waals surface area contributed by atoms with Crippen molar-refractivity contribution >= 4 is 27.4 Å². The number of nitro groups is 1. The summed E-state index contributed by atoms with van der Waals surface area (Å²) in [5.41, 5.74) is 4.39. The second kappa shape index (κ2) is 6.32. The number of nitrogens with zero attached hydrogens (tertiary/aromatic N) is 2. The molecule has 0 atom stereocenters. The van der Waals surface area contributed by atoms with Crippen molar-refractivity contribution in [3.8, 4) is 22.4 Å². The number of fused-ring (bicyclic) bond motifs is 2. The monoisotopic (exact) mass is 365 g/mol. The molecule has 0 unspecified atom stereocenters. The minimum Gasteiger partial charge on any atom is -0.271 e. The molecule has 0 amide bonds. The smallest absolute Gasteiger partial charge is 0.271 e. The maximum Gasteiger partial charge on any atom is 0.294 e. The van der Waals surface area contributed by atoms with Gasteiger partial charge in [-0.3, -0.25) is 15.2 Å². The van der Waals surface area contributed by atoms with E-state index in [9.17, 15) is 10.1 Å². The van der Waals surface area contributed by atoms with Crippen LogP contribution in [0.15, 0.2) is 84.9 Å². The number of nitro benzene ring substituents is 1. The van der Waals surface area contributed by atoms with Gasteiger partial charge in [-0.15, -0.1) is 0 Å². The normalized spacial score (nSPS) is 11.1. The Bertz CT molecular complexity index is 1330. The zero-order chi connectivity index (χ0) is 19.1. The van der Waals surface area contributed by atoms with Crippen LogP contribution < -0.4 is 0 Å². The first-order valence-corrected chi connectivity index (χ1v) is 8.92. The highest BCUT2D eigenvalue weighted by molar-refractivity contribution is 5.99. The molecule has 1 heterocycles. The third-order valence-corrected chi connectivity index (χ3v) is 5.03. The summed E-state index contributed by atoms with van der Waals surface area (Å²) in [5, 5.41) is 21.5. The maximum atomic E-state index is 11.2. The van der Waals surface area contributed by atoms with Gasteiger partial charge < -0.3 is 0 Å². The molecule has 0 saturated heterocycles. The Morgan fingerprint density at radius 1 is 0.750 bits per heavy atom. The van der Waals surface area contributed by atoms with Crippen LogP contribution in [0, 0.1) is 10.1 Å². The number of nitrogens with one attached hydrogen (secondary N) is 1. The van der Waals surface area contributed by atoms with Crippen LogP contribution in [0.1, 0.15) is 0 Å². The Morgan fingerprint density at radius 2 is 1.43 bits per heavy atom. The lowest BCUT2D eigenvalue weighted by Crippen LogP contribution is -1.88. The summed E-state index contributed by atoms with van der Waals surface area (Å²) < 4.78 is 0. The molecule has 0 spiro atoms. The average Bonchev–Trinajstić information content (AvgIpc) is 3.17. The van der Waals surface area contributed by atoms with Gasteiger partial charge in [-0.05, 0) is 21.9 Å². The van der Waals surface area contributed by atoms with E-state index < -0.39 is 4.92 Å². The molecular weight excluding hydrogens is 350 g/mol. The number of hydrogen-bond acceptors (Lipinski definition) is 3. The zero-order valence-electron chi connectivity index (χ0n) is 14.8. The Balaban J connectivity index is 1.60. The first kappa shape index (κ1) is 16.2. The van der Waals surface area contributed by atoms with E-state index >= 15 is 0 Å². The molecule has 134 valence electrons. The third kappa shape index (κ3) is 2.53. The molecule has 1 aromatic heterocycles. The van der Waals surface area contributed by atoms with Crippen LogP contribution in [-0.2, 0) is 0 Å². The minimum atomic E-state index is -0.395. The summed E-state index contributed by atoms with van der Waals surface area (Å²) in [7, 11) is 0. The summed E-state index contributed by atoms with van der Waals surface area (Å²) in [5.74, 6) is 0. The van der Waals surface area contributed by atoms with Gasteiger partial charge in [-0.25, -0.2) is 0 Å². The van der Waals surface area contributed by atoms with Crippen LogP contribution in [0.2, 0.25) is 0 Å². The molecule has 5 aromatic rings. The molecule has 4 aromatic carbocycles. The van der Waals surface area contributed by atoms with Gasteiger partial charge in [0.2, 0.25) is 0 Å². The maximum absolute atomic E-state index is 11.2. The van der Waals surface area contributed by atoms with E-state index in [0.29, 0.717) is 11.2 Å². The molecule has 0 bridgehead atoms. The SMILES string of the molecule is O=[N+]([O-])c1cccc2c(-c3ccc(-c4cccc5ccccc45)cc3)n[nH]c12. The molecule has 1 N–H and O–H groups in total. The van der Waals surface area contributed by atoms with E-state index in [-0.39, 0.29) is 5.69 Å². The van der Waals surface area contributed by atoms with Crippen LogP contribution in [0.3, 0.4) is 0 Å². The lowest BCUT2D eigenvalue weighted by molar-refractivity contribution is -0.383. The molecule has 0 aliphatic rings. The average molecular weight is 365 g/mol. The van der Waals surface area contributed by atoms with Crippen LogP contribution in [-0.4, -0.2) is 15.1 Å². The summed E-state index contributed by atoms with van der Waals surface area (Å²) in [6.07, 6.45) is 0. The number of non-ortho nitro benzene ring substituents is 1. The number of aromatic nitrogens is 2. The van der Waals surface area contributed by atoms with Crippen molar-refractivity contribution in [3.63, 3.8) is 0 Å². The van der Waals surface area contributed by atoms with Gasteiger partial charge in [-0.2, -0.15) is 5.10 Å². The minimum absolute atomic E-state index is 0.0311. The summed E-state index contributed by atoms with van der Waals surface area (Å²) >= 11 is 0. The highest BCUT2D eigenvalue weighted by atomic mass is 16.6. The Morgan fingerprint density at radius 3 is 2.25 bits per heavy atom. The van der Waals surface area contributed by atoms with Crippen LogP contribution in [0.4, 0.5) is 5.69 Å². The van der Waals surface area contributed by atoms with E-state index in [0.717, 1.165) is 16.5 Å². The Hall–Kier alpha value is -3.99. The summed E-state index contributed by atoms with van der Waals surface area (Å²) in [6, 6.07) is 27.8. The van der Waals surface area contributed by atoms with Gasteiger partial charge in [0.05, 0.1) is 4.92 Å². The van der Waals surface area contributed by atoms with Crippen molar-refractivity contribution in [2.24, 2.45) is 0 Å². The van der Waals surface area contributed by atoms with Crippen molar-refractivity contribution in [1.29, 1.82) is 0 Å². The first-order valence-electron chi connectivity index (χ1n) is 8.92. The highest BCUT2D eigenvalue weighted by Gasteiger charge is 2.17. The van der Waals surface area contributed by atoms with Crippen LogP contribution in [0.25, 0.3) is 44.1 Å². The van der Waals surface area contributed by atoms with E-state index in [1.165, 1.54) is 22.4 Å². The van der Waals surface area contributed by atoms with Crippen molar-refractivity contribution in [2.45, 2.75) is 0 Å². The van der Waals surface area contributed by atoms with Crippen molar-refractivity contribution in [3.05, 3.63) is 95.0 Å². The van der Waals surface area contributed by atoms with Crippen molar-refractivity contribution in [2.75, 3.05) is 0 Å². The molecule has 0 fully saturated rings. The fraction of sp³-hybridized carbons (Fsp3) is 0. The third-order valence-electron chi connectivity index (χ3n) is 5.03. The van der Waals surface area contributed by atoms with Crippen molar-refractivity contribution < 1.29 is 4.92 Å². The molecule has 0 radical (unpaired) electrons. The number of rotatable bonds is 3. The second-order valence-electron chi connectivity index (χ2n) is 6.63. The molecule has 28 heavy (non-hydrogen) atoms. The van der Waals surface area contributed by atoms with Crippen LogP contribution >= 0.6 is 0 Å². The second-order valence-corrected chi connectivity index (χ2v) is 6.63. The topological polar surface area (TPSA) is 71.8 Å².